The van der Waals surface area contributed by atoms with E-state index in [1.807, 2.05) is 41.3 Å². The van der Waals surface area contributed by atoms with Gasteiger partial charge in [-0.1, -0.05) is 42.5 Å². The molecule has 3 rings (SSSR count). The molecule has 0 atom stereocenters. The third kappa shape index (κ3) is 4.72. The number of thiocarbonyl (C=S) groups is 1. The number of hydrogen-bond donors (Lipinski definition) is 0. The highest BCUT2D eigenvalue weighted by atomic mass is 32.2. The molecule has 2 saturated heterocycles. The van der Waals surface area contributed by atoms with Crippen molar-refractivity contribution < 1.29 is 9.59 Å². The van der Waals surface area contributed by atoms with E-state index in [0.29, 0.717) is 24.4 Å². The smallest absolute Gasteiger partial charge is 0.291 e. The lowest BCUT2D eigenvalue weighted by Gasteiger charge is -2.32. The number of likely N-dealkylation sites (N-methyl/N-ethyl adjacent to an activating group) is 1. The molecular weight excluding hydrogens is 366 g/mol. The third-order valence-electron chi connectivity index (χ3n) is 4.60. The highest BCUT2D eigenvalue weighted by Gasteiger charge is 2.31. The molecule has 2 amide bonds. The van der Waals surface area contributed by atoms with Crippen molar-refractivity contribution in [2.75, 3.05) is 39.8 Å². The van der Waals surface area contributed by atoms with Crippen LogP contribution in [0.15, 0.2) is 35.2 Å². The van der Waals surface area contributed by atoms with Crippen LogP contribution in [0.5, 0.6) is 0 Å². The molecule has 26 heavy (non-hydrogen) atoms. The van der Waals surface area contributed by atoms with Crippen molar-refractivity contribution in [3.63, 3.8) is 0 Å². The molecule has 7 heteroatoms. The lowest BCUT2D eigenvalue weighted by molar-refractivity contribution is -0.132. The van der Waals surface area contributed by atoms with Crippen LogP contribution in [0.4, 0.5) is 4.79 Å². The molecule has 1 aromatic carbocycles. The number of rotatable bonds is 5. The van der Waals surface area contributed by atoms with E-state index >= 15 is 0 Å². The fourth-order valence-corrected chi connectivity index (χ4v) is 4.29. The molecule has 0 aromatic heterocycles. The summed E-state index contributed by atoms with van der Waals surface area (Å²) in [5.74, 6) is 0.170. The second-order valence-corrected chi connectivity index (χ2v) is 7.91. The minimum atomic E-state index is -0.0516. The van der Waals surface area contributed by atoms with Gasteiger partial charge >= 0.3 is 0 Å². The quantitative estimate of drug-likeness (QED) is 0.572. The van der Waals surface area contributed by atoms with Gasteiger partial charge in [0.25, 0.3) is 5.24 Å². The summed E-state index contributed by atoms with van der Waals surface area (Å²) in [6.45, 7) is 3.91. The van der Waals surface area contributed by atoms with E-state index in [2.05, 4.69) is 11.9 Å². The predicted octanol–water partition coefficient (Wildman–Crippen LogP) is 3.08. The predicted molar refractivity (Wildman–Crippen MR) is 110 cm³/mol. The van der Waals surface area contributed by atoms with Gasteiger partial charge in [0.15, 0.2) is 0 Å². The van der Waals surface area contributed by atoms with E-state index < -0.39 is 0 Å². The SMILES string of the molecule is CN1CCN(C(=O)CCCN2C(=O)S/C(=C/c3ccccc3)C2=S)CC1. The number of piperazine rings is 1. The topological polar surface area (TPSA) is 43.9 Å². The first kappa shape index (κ1) is 19.1. The fraction of sp³-hybridized carbons (Fsp3) is 0.421. The van der Waals surface area contributed by atoms with Crippen molar-refractivity contribution in [1.82, 2.24) is 14.7 Å². The second-order valence-electron chi connectivity index (χ2n) is 6.53. The van der Waals surface area contributed by atoms with Crippen LogP contribution in [-0.2, 0) is 4.79 Å². The summed E-state index contributed by atoms with van der Waals surface area (Å²) in [5, 5.41) is -0.0516. The van der Waals surface area contributed by atoms with Gasteiger partial charge < -0.3 is 9.80 Å². The van der Waals surface area contributed by atoms with Crippen molar-refractivity contribution >= 4 is 46.2 Å². The molecule has 0 saturated carbocycles. The number of thioether (sulfide) groups is 1. The van der Waals surface area contributed by atoms with Crippen molar-refractivity contribution in [2.45, 2.75) is 12.8 Å². The Hall–Kier alpha value is -1.70. The van der Waals surface area contributed by atoms with E-state index in [4.69, 9.17) is 12.2 Å². The van der Waals surface area contributed by atoms with Gasteiger partial charge in [-0.25, -0.2) is 0 Å². The Morgan fingerprint density at radius 2 is 1.88 bits per heavy atom. The molecule has 0 unspecified atom stereocenters. The zero-order valence-corrected chi connectivity index (χ0v) is 16.5. The van der Waals surface area contributed by atoms with Crippen molar-refractivity contribution in [3.8, 4) is 0 Å². The molecule has 2 heterocycles. The average molecular weight is 390 g/mol. The van der Waals surface area contributed by atoms with Gasteiger partial charge in [-0.3, -0.25) is 14.5 Å². The Morgan fingerprint density at radius 3 is 2.58 bits per heavy atom. The number of carbonyl (C=O) groups excluding carboxylic acids is 2. The van der Waals surface area contributed by atoms with Gasteiger partial charge in [0.1, 0.15) is 4.99 Å². The highest BCUT2D eigenvalue weighted by Crippen LogP contribution is 2.33. The van der Waals surface area contributed by atoms with Crippen LogP contribution >= 0.6 is 24.0 Å². The Labute approximate surface area is 164 Å². The molecule has 138 valence electrons. The van der Waals surface area contributed by atoms with Crippen LogP contribution in [0.1, 0.15) is 18.4 Å². The number of amides is 2. The molecule has 0 radical (unpaired) electrons. The van der Waals surface area contributed by atoms with Crippen molar-refractivity contribution in [1.29, 1.82) is 0 Å². The van der Waals surface area contributed by atoms with Crippen molar-refractivity contribution in [2.24, 2.45) is 0 Å². The first-order valence-corrected chi connectivity index (χ1v) is 10.0. The van der Waals surface area contributed by atoms with Gasteiger partial charge in [0, 0.05) is 39.1 Å². The third-order valence-corrected chi connectivity index (χ3v) is 6.09. The second kappa shape index (κ2) is 8.79. The standard InChI is InChI=1S/C19H23N3O2S2/c1-20-10-12-21(13-11-20)17(23)8-5-9-22-18(25)16(26-19(22)24)14-15-6-3-2-4-7-15/h2-4,6-7,14H,5,8-13H2,1H3/b16-14+. The zero-order valence-electron chi connectivity index (χ0n) is 14.9. The van der Waals surface area contributed by atoms with E-state index in [1.54, 1.807) is 4.90 Å². The minimum Gasteiger partial charge on any atom is -0.340 e. The number of benzene rings is 1. The number of hydrogen-bond acceptors (Lipinski definition) is 5. The Balaban J connectivity index is 1.50. The lowest BCUT2D eigenvalue weighted by Crippen LogP contribution is -2.47. The summed E-state index contributed by atoms with van der Waals surface area (Å²) in [5.41, 5.74) is 1.03. The van der Waals surface area contributed by atoms with Gasteiger partial charge in [-0.2, -0.15) is 0 Å². The first-order valence-electron chi connectivity index (χ1n) is 8.81. The Bertz CT molecular complexity index is 713. The summed E-state index contributed by atoms with van der Waals surface area (Å²) in [7, 11) is 2.07. The van der Waals surface area contributed by atoms with Crippen LogP contribution < -0.4 is 0 Å². The van der Waals surface area contributed by atoms with Gasteiger partial charge in [-0.05, 0) is 36.9 Å². The van der Waals surface area contributed by atoms with E-state index in [1.165, 1.54) is 11.8 Å². The van der Waals surface area contributed by atoms with Crippen LogP contribution in [0.3, 0.4) is 0 Å². The molecule has 0 spiro atoms. The van der Waals surface area contributed by atoms with E-state index in [9.17, 15) is 9.59 Å². The van der Waals surface area contributed by atoms with Crippen LogP contribution in [0.2, 0.25) is 0 Å². The molecule has 2 fully saturated rings. The molecule has 2 aliphatic heterocycles. The van der Waals surface area contributed by atoms with E-state index in [0.717, 1.165) is 36.6 Å². The molecule has 1 aromatic rings. The monoisotopic (exact) mass is 389 g/mol. The van der Waals surface area contributed by atoms with Gasteiger partial charge in [0.2, 0.25) is 5.91 Å². The molecule has 0 N–H and O–H groups in total. The lowest BCUT2D eigenvalue weighted by atomic mass is 10.2. The largest absolute Gasteiger partial charge is 0.340 e. The summed E-state index contributed by atoms with van der Waals surface area (Å²) in [6, 6.07) is 9.84. The minimum absolute atomic E-state index is 0.0516. The van der Waals surface area contributed by atoms with Gasteiger partial charge in [0.05, 0.1) is 4.91 Å². The Morgan fingerprint density at radius 1 is 1.19 bits per heavy atom. The van der Waals surface area contributed by atoms with E-state index in [-0.39, 0.29) is 11.1 Å². The maximum Gasteiger partial charge on any atom is 0.291 e. The maximum atomic E-state index is 12.3. The summed E-state index contributed by atoms with van der Waals surface area (Å²) >= 11 is 6.64. The maximum absolute atomic E-state index is 12.3. The fourth-order valence-electron chi connectivity index (χ4n) is 3.00. The molecule has 0 bridgehead atoms. The normalized spacial score (nSPS) is 20.3. The molecule has 5 nitrogen and oxygen atoms in total. The molecular formula is C19H23N3O2S2. The average Bonchev–Trinajstić information content (AvgIpc) is 2.90. The van der Waals surface area contributed by atoms with Gasteiger partial charge in [-0.15, -0.1) is 0 Å². The zero-order chi connectivity index (χ0) is 18.5. The molecule has 2 aliphatic rings. The molecule has 0 aliphatic carbocycles. The van der Waals surface area contributed by atoms with Crippen LogP contribution in [-0.4, -0.2) is 70.6 Å². The van der Waals surface area contributed by atoms with Crippen LogP contribution in [0.25, 0.3) is 6.08 Å². The number of carbonyl (C=O) groups is 2. The summed E-state index contributed by atoms with van der Waals surface area (Å²) in [4.78, 5) is 31.7. The summed E-state index contributed by atoms with van der Waals surface area (Å²) < 4.78 is 0. The first-order chi connectivity index (χ1) is 12.5. The highest BCUT2D eigenvalue weighted by molar-refractivity contribution is 8.19. The van der Waals surface area contributed by atoms with Crippen LogP contribution in [0, 0.1) is 0 Å². The summed E-state index contributed by atoms with van der Waals surface area (Å²) in [6.07, 6.45) is 3.04. The number of nitrogens with zero attached hydrogens (tertiary/aromatic N) is 3. The Kier molecular flexibility index (Phi) is 6.45. The van der Waals surface area contributed by atoms with Crippen molar-refractivity contribution in [3.05, 3.63) is 40.8 Å².